The van der Waals surface area contributed by atoms with Gasteiger partial charge in [0.25, 0.3) is 5.56 Å². The second-order valence-electron chi connectivity index (χ2n) is 4.52. The van der Waals surface area contributed by atoms with Crippen LogP contribution in [0.5, 0.6) is 0 Å². The minimum atomic E-state index is 0.0232. The highest BCUT2D eigenvalue weighted by atomic mass is 79.9. The Balaban J connectivity index is 2.37. The molecular weight excluding hydrogens is 282 g/mol. The highest BCUT2D eigenvalue weighted by Crippen LogP contribution is 2.27. The second-order valence-corrected chi connectivity index (χ2v) is 5.17. The zero-order chi connectivity index (χ0) is 12.4. The van der Waals surface area contributed by atoms with Crippen LogP contribution in [0.2, 0.25) is 0 Å². The van der Waals surface area contributed by atoms with Crippen LogP contribution in [0.3, 0.4) is 0 Å². The van der Waals surface area contributed by atoms with Crippen LogP contribution < -0.4 is 10.5 Å². The van der Waals surface area contributed by atoms with Gasteiger partial charge in [0.2, 0.25) is 0 Å². The molecule has 94 valence electrons. The van der Waals surface area contributed by atoms with Gasteiger partial charge in [-0.3, -0.25) is 4.79 Å². The summed E-state index contributed by atoms with van der Waals surface area (Å²) in [4.78, 5) is 18.6. The first-order chi connectivity index (χ1) is 8.19. The Kier molecular flexibility index (Phi) is 3.86. The van der Waals surface area contributed by atoms with E-state index in [9.17, 15) is 4.79 Å². The van der Waals surface area contributed by atoms with Gasteiger partial charge in [-0.2, -0.15) is 0 Å². The Bertz CT molecular complexity index is 446. The lowest BCUT2D eigenvalue weighted by Gasteiger charge is -2.25. The molecule has 0 amide bonds. The number of alkyl halides is 1. The molecule has 1 aromatic rings. The van der Waals surface area contributed by atoms with Crippen molar-refractivity contribution >= 4 is 21.7 Å². The van der Waals surface area contributed by atoms with E-state index in [0.29, 0.717) is 24.3 Å². The maximum absolute atomic E-state index is 12.2. The number of halogens is 1. The fourth-order valence-corrected chi connectivity index (χ4v) is 3.38. The van der Waals surface area contributed by atoms with Crippen LogP contribution >= 0.6 is 15.9 Å². The number of anilines is 1. The molecular formula is C12H18BrN3O. The quantitative estimate of drug-likeness (QED) is 0.800. The molecule has 0 aromatic carbocycles. The predicted molar refractivity (Wildman–Crippen MR) is 72.9 cm³/mol. The third kappa shape index (κ3) is 2.25. The number of hydrogen-bond donors (Lipinski definition) is 0. The Morgan fingerprint density at radius 1 is 1.59 bits per heavy atom. The third-order valence-electron chi connectivity index (χ3n) is 3.55. The summed E-state index contributed by atoms with van der Waals surface area (Å²) in [5.74, 6) is 1.20. The minimum Gasteiger partial charge on any atom is -0.348 e. The normalized spacial score (nSPS) is 24.3. The summed E-state index contributed by atoms with van der Waals surface area (Å²) in [5, 5.41) is 0.885. The highest BCUT2D eigenvalue weighted by Gasteiger charge is 2.32. The second kappa shape index (κ2) is 5.21. The summed E-state index contributed by atoms with van der Waals surface area (Å²) in [7, 11) is 0. The average molecular weight is 300 g/mol. The smallest absolute Gasteiger partial charge is 0.293 e. The van der Waals surface area contributed by atoms with E-state index in [2.05, 4.69) is 32.7 Å². The van der Waals surface area contributed by atoms with E-state index in [-0.39, 0.29) is 5.56 Å². The van der Waals surface area contributed by atoms with Gasteiger partial charge in [-0.1, -0.05) is 22.9 Å². The summed E-state index contributed by atoms with van der Waals surface area (Å²) in [6.45, 7) is 5.82. The molecule has 1 fully saturated rings. The number of aromatic nitrogens is 2. The zero-order valence-corrected chi connectivity index (χ0v) is 11.9. The van der Waals surface area contributed by atoms with Crippen LogP contribution in [-0.2, 0) is 6.54 Å². The lowest BCUT2D eigenvalue weighted by molar-refractivity contribution is 0.550. The molecule has 2 heterocycles. The molecule has 0 N–H and O–H groups in total. The van der Waals surface area contributed by atoms with Gasteiger partial charge in [-0.25, -0.2) is 4.98 Å². The first-order valence-corrected chi connectivity index (χ1v) is 7.19. The van der Waals surface area contributed by atoms with E-state index in [4.69, 9.17) is 0 Å². The predicted octanol–water partition coefficient (Wildman–Crippen LogP) is 1.87. The lowest BCUT2D eigenvalue weighted by Crippen LogP contribution is -2.39. The Labute approximate surface area is 110 Å². The van der Waals surface area contributed by atoms with Gasteiger partial charge < -0.3 is 9.47 Å². The van der Waals surface area contributed by atoms with Crippen molar-refractivity contribution < 1.29 is 0 Å². The van der Waals surface area contributed by atoms with E-state index < -0.39 is 0 Å². The molecule has 2 unspecified atom stereocenters. The minimum absolute atomic E-state index is 0.0232. The Morgan fingerprint density at radius 2 is 2.35 bits per heavy atom. The standard InChI is InChI=1S/C12H18BrN3O/c1-3-15-7-5-14-11(12(15)17)16-6-4-9(2)10(16)8-13/h5,7,9-10H,3-4,6,8H2,1-2H3. The van der Waals surface area contributed by atoms with Crippen LogP contribution in [-0.4, -0.2) is 27.5 Å². The summed E-state index contributed by atoms with van der Waals surface area (Å²) < 4.78 is 1.70. The van der Waals surface area contributed by atoms with E-state index >= 15 is 0 Å². The molecule has 2 atom stereocenters. The molecule has 4 nitrogen and oxygen atoms in total. The number of aryl methyl sites for hydroxylation is 1. The van der Waals surface area contributed by atoms with Gasteiger partial charge in [-0.05, 0) is 19.3 Å². The van der Waals surface area contributed by atoms with Gasteiger partial charge in [0.15, 0.2) is 5.82 Å². The van der Waals surface area contributed by atoms with Crippen molar-refractivity contribution in [2.75, 3.05) is 16.8 Å². The summed E-state index contributed by atoms with van der Waals surface area (Å²) in [5.41, 5.74) is 0.0232. The van der Waals surface area contributed by atoms with Crippen molar-refractivity contribution in [3.05, 3.63) is 22.7 Å². The van der Waals surface area contributed by atoms with E-state index in [1.807, 2.05) is 6.92 Å². The molecule has 1 aromatic heterocycles. The van der Waals surface area contributed by atoms with Crippen LogP contribution in [0.4, 0.5) is 5.82 Å². The maximum atomic E-state index is 12.2. The van der Waals surface area contributed by atoms with Gasteiger partial charge in [-0.15, -0.1) is 0 Å². The molecule has 5 heteroatoms. The molecule has 1 aliphatic heterocycles. The Morgan fingerprint density at radius 3 is 3.00 bits per heavy atom. The molecule has 0 saturated carbocycles. The molecule has 0 aliphatic carbocycles. The van der Waals surface area contributed by atoms with Crippen LogP contribution in [0.25, 0.3) is 0 Å². The molecule has 1 saturated heterocycles. The topological polar surface area (TPSA) is 38.1 Å². The molecule has 17 heavy (non-hydrogen) atoms. The third-order valence-corrected chi connectivity index (χ3v) is 4.21. The molecule has 2 rings (SSSR count). The first-order valence-electron chi connectivity index (χ1n) is 6.07. The number of nitrogens with zero attached hydrogens (tertiary/aromatic N) is 3. The summed E-state index contributed by atoms with van der Waals surface area (Å²) in [6, 6.07) is 0.378. The van der Waals surface area contributed by atoms with Crippen molar-refractivity contribution in [2.45, 2.75) is 32.9 Å². The monoisotopic (exact) mass is 299 g/mol. The highest BCUT2D eigenvalue weighted by molar-refractivity contribution is 9.09. The average Bonchev–Trinajstić information content (AvgIpc) is 2.70. The molecule has 0 radical (unpaired) electrons. The van der Waals surface area contributed by atoms with Gasteiger partial charge >= 0.3 is 0 Å². The van der Waals surface area contributed by atoms with Crippen molar-refractivity contribution in [2.24, 2.45) is 5.92 Å². The fraction of sp³-hybridized carbons (Fsp3) is 0.667. The van der Waals surface area contributed by atoms with Crippen molar-refractivity contribution in [3.8, 4) is 0 Å². The molecule has 0 spiro atoms. The van der Waals surface area contributed by atoms with E-state index in [1.54, 1.807) is 17.0 Å². The lowest BCUT2D eigenvalue weighted by atomic mass is 10.1. The summed E-state index contributed by atoms with van der Waals surface area (Å²) >= 11 is 3.54. The van der Waals surface area contributed by atoms with Crippen molar-refractivity contribution in [1.82, 2.24) is 9.55 Å². The SMILES string of the molecule is CCn1ccnc(N2CCC(C)C2CBr)c1=O. The fourth-order valence-electron chi connectivity index (χ4n) is 2.39. The first kappa shape index (κ1) is 12.6. The molecule has 0 bridgehead atoms. The largest absolute Gasteiger partial charge is 0.348 e. The van der Waals surface area contributed by atoms with Crippen LogP contribution in [0.1, 0.15) is 20.3 Å². The van der Waals surface area contributed by atoms with Gasteiger partial charge in [0, 0.05) is 36.9 Å². The maximum Gasteiger partial charge on any atom is 0.293 e. The van der Waals surface area contributed by atoms with Crippen molar-refractivity contribution in [1.29, 1.82) is 0 Å². The number of rotatable bonds is 3. The summed E-state index contributed by atoms with van der Waals surface area (Å²) in [6.07, 6.45) is 4.58. The van der Waals surface area contributed by atoms with Gasteiger partial charge in [0.1, 0.15) is 0 Å². The van der Waals surface area contributed by atoms with Crippen molar-refractivity contribution in [3.63, 3.8) is 0 Å². The molecule has 1 aliphatic rings. The van der Waals surface area contributed by atoms with E-state index in [0.717, 1.165) is 18.3 Å². The van der Waals surface area contributed by atoms with E-state index in [1.165, 1.54) is 0 Å². The Hall–Kier alpha value is -0.840. The van der Waals surface area contributed by atoms with Gasteiger partial charge in [0.05, 0.1) is 0 Å². The van der Waals surface area contributed by atoms with Crippen LogP contribution in [0.15, 0.2) is 17.2 Å². The zero-order valence-electron chi connectivity index (χ0n) is 10.3. The number of hydrogen-bond acceptors (Lipinski definition) is 3. The van der Waals surface area contributed by atoms with Crippen LogP contribution in [0, 0.1) is 5.92 Å².